The zero-order valence-electron chi connectivity index (χ0n) is 16.0. The maximum Gasteiger partial charge on any atom is 0.243 e. The Hall–Kier alpha value is -2.84. The quantitative estimate of drug-likeness (QED) is 0.543. The Morgan fingerprint density at radius 3 is 2.73 bits per heavy atom. The summed E-state index contributed by atoms with van der Waals surface area (Å²) in [5, 5.41) is 13.3. The molecule has 0 aliphatic carbocycles. The van der Waals surface area contributed by atoms with Crippen LogP contribution < -0.4 is 5.32 Å². The highest BCUT2D eigenvalue weighted by molar-refractivity contribution is 8.27. The number of benzene rings is 2. The molecule has 6 nitrogen and oxygen atoms in total. The van der Waals surface area contributed by atoms with E-state index in [2.05, 4.69) is 10.3 Å². The molecule has 0 aromatic heterocycles. The van der Waals surface area contributed by atoms with E-state index in [9.17, 15) is 19.5 Å². The number of fused-ring (bicyclic) bond motifs is 1. The van der Waals surface area contributed by atoms with E-state index >= 15 is 0 Å². The van der Waals surface area contributed by atoms with Gasteiger partial charge < -0.3 is 10.4 Å². The normalized spacial score (nSPS) is 19.6. The van der Waals surface area contributed by atoms with E-state index in [1.807, 2.05) is 30.3 Å². The third-order valence-electron chi connectivity index (χ3n) is 4.64. The lowest BCUT2D eigenvalue weighted by atomic mass is 10.0. The van der Waals surface area contributed by atoms with Crippen molar-refractivity contribution >= 4 is 51.1 Å². The Morgan fingerprint density at radius 2 is 2.00 bits per heavy atom. The van der Waals surface area contributed by atoms with E-state index in [0.717, 1.165) is 17.3 Å². The lowest BCUT2D eigenvalue weighted by Crippen LogP contribution is -2.19. The van der Waals surface area contributed by atoms with Gasteiger partial charge in [-0.2, -0.15) is 0 Å². The van der Waals surface area contributed by atoms with Gasteiger partial charge in [-0.25, -0.2) is 4.99 Å². The number of ketones is 1. The van der Waals surface area contributed by atoms with Gasteiger partial charge in [0.1, 0.15) is 16.5 Å². The molecule has 0 radical (unpaired) electrons. The third-order valence-corrected chi connectivity index (χ3v) is 6.91. The predicted molar refractivity (Wildman–Crippen MR) is 119 cm³/mol. The fourth-order valence-corrected chi connectivity index (χ4v) is 5.44. The summed E-state index contributed by atoms with van der Waals surface area (Å²) >= 11 is 2.52. The summed E-state index contributed by atoms with van der Waals surface area (Å²) in [6.45, 7) is 1.39. The minimum Gasteiger partial charge on any atom is -0.507 e. The van der Waals surface area contributed by atoms with E-state index in [4.69, 9.17) is 0 Å². The topological polar surface area (TPSA) is 95.8 Å². The molecule has 2 aromatic carbocycles. The second-order valence-corrected chi connectivity index (χ2v) is 9.15. The lowest BCUT2D eigenvalue weighted by molar-refractivity contribution is -0.114. The molecule has 0 saturated heterocycles. The van der Waals surface area contributed by atoms with Crippen LogP contribution in [0.1, 0.15) is 35.7 Å². The molecule has 2 aliphatic heterocycles. The number of hydrogen-bond acceptors (Lipinski definition) is 7. The lowest BCUT2D eigenvalue weighted by Gasteiger charge is -2.25. The zero-order chi connectivity index (χ0) is 21.3. The van der Waals surface area contributed by atoms with Crippen LogP contribution in [0.25, 0.3) is 0 Å². The van der Waals surface area contributed by atoms with Crippen LogP contribution in [0.2, 0.25) is 0 Å². The van der Waals surface area contributed by atoms with E-state index in [1.165, 1.54) is 24.8 Å². The monoisotopic (exact) mass is 438 g/mol. The van der Waals surface area contributed by atoms with Crippen molar-refractivity contribution in [3.05, 3.63) is 65.4 Å². The van der Waals surface area contributed by atoms with Crippen LogP contribution in [-0.4, -0.2) is 32.2 Å². The van der Waals surface area contributed by atoms with Gasteiger partial charge in [0.25, 0.3) is 0 Å². The number of carbonyl (C=O) groups is 3. The van der Waals surface area contributed by atoms with Gasteiger partial charge in [-0.1, -0.05) is 36.4 Å². The molecular weight excluding hydrogens is 420 g/mol. The third kappa shape index (κ3) is 4.20. The molecule has 0 saturated carbocycles. The maximum atomic E-state index is 12.6. The van der Waals surface area contributed by atoms with Gasteiger partial charge in [-0.3, -0.25) is 14.4 Å². The number of amides is 1. The van der Waals surface area contributed by atoms with E-state index in [-0.39, 0.29) is 39.8 Å². The largest absolute Gasteiger partial charge is 0.507 e. The summed E-state index contributed by atoms with van der Waals surface area (Å²) in [5.41, 5.74) is 2.02. The molecule has 2 aromatic rings. The molecule has 8 heteroatoms. The fraction of sp³-hybridized carbons (Fsp3) is 0.182. The van der Waals surface area contributed by atoms with Crippen molar-refractivity contribution in [2.45, 2.75) is 29.9 Å². The number of nitrogens with one attached hydrogen (secondary N) is 1. The van der Waals surface area contributed by atoms with Crippen molar-refractivity contribution < 1.29 is 19.5 Å². The van der Waals surface area contributed by atoms with Gasteiger partial charge in [-0.15, -0.1) is 11.8 Å². The highest BCUT2D eigenvalue weighted by Crippen LogP contribution is 2.45. The smallest absolute Gasteiger partial charge is 0.243 e. The van der Waals surface area contributed by atoms with Crippen molar-refractivity contribution in [3.8, 4) is 5.75 Å². The van der Waals surface area contributed by atoms with Gasteiger partial charge >= 0.3 is 0 Å². The van der Waals surface area contributed by atoms with Crippen LogP contribution in [0.5, 0.6) is 5.75 Å². The molecular formula is C22H18N2O4S2. The van der Waals surface area contributed by atoms with Crippen LogP contribution in [-0.2, 0) is 9.59 Å². The van der Waals surface area contributed by atoms with E-state index in [1.54, 1.807) is 12.1 Å². The van der Waals surface area contributed by atoms with Crippen LogP contribution in [0.15, 0.2) is 64.1 Å². The van der Waals surface area contributed by atoms with E-state index in [0.29, 0.717) is 27.7 Å². The average Bonchev–Trinajstić information content (AvgIpc) is 3.09. The number of phenolic OH excluding ortho intramolecular Hbond substituents is 1. The number of aliphatic imine (C=N–C) groups is 1. The van der Waals surface area contributed by atoms with Crippen molar-refractivity contribution in [2.24, 2.45) is 4.99 Å². The number of allylic oxidation sites excluding steroid dienone is 1. The number of anilines is 1. The summed E-state index contributed by atoms with van der Waals surface area (Å²) in [6, 6.07) is 12.5. The highest BCUT2D eigenvalue weighted by atomic mass is 32.2. The van der Waals surface area contributed by atoms with Gasteiger partial charge in [0.05, 0.1) is 11.3 Å². The number of nitrogens with zero attached hydrogens (tertiary/aromatic N) is 1. The number of Topliss-reactive ketones (excluding diaryl/α,β-unsaturated/α-hetero) is 1. The van der Waals surface area contributed by atoms with E-state index < -0.39 is 0 Å². The van der Waals surface area contributed by atoms with Crippen LogP contribution in [0.4, 0.5) is 5.69 Å². The minimum absolute atomic E-state index is 0.0899. The van der Waals surface area contributed by atoms with Gasteiger partial charge in [0.2, 0.25) is 11.0 Å². The summed E-state index contributed by atoms with van der Waals surface area (Å²) in [5.74, 6) is -0.526. The molecule has 1 amide bonds. The van der Waals surface area contributed by atoms with Crippen LogP contribution >= 0.6 is 23.5 Å². The second kappa shape index (κ2) is 8.49. The van der Waals surface area contributed by atoms with Gasteiger partial charge in [-0.05, 0) is 30.3 Å². The summed E-state index contributed by atoms with van der Waals surface area (Å²) in [6.07, 6.45) is 2.47. The molecule has 30 heavy (non-hydrogen) atoms. The number of rotatable bonds is 4. The standard InChI is InChI=1S/C22H18N2O4S2/c1-12(25)23-15-9-10-17(26)19-18(27)11-14(29-20(15)19)7-8-16-22(28)30-21(24-16)13-5-3-2-4-6-13/h2-6,8-10,14,26H,7,11H2,1H3,(H,23,25). The first-order valence-corrected chi connectivity index (χ1v) is 11.0. The second-order valence-electron chi connectivity index (χ2n) is 6.88. The molecule has 0 bridgehead atoms. The van der Waals surface area contributed by atoms with Crippen LogP contribution in [0, 0.1) is 0 Å². The Labute approximate surface area is 181 Å². The molecule has 2 heterocycles. The zero-order valence-corrected chi connectivity index (χ0v) is 17.7. The van der Waals surface area contributed by atoms with Crippen molar-refractivity contribution in [2.75, 3.05) is 5.32 Å². The van der Waals surface area contributed by atoms with Gasteiger partial charge in [0.15, 0.2) is 5.78 Å². The first kappa shape index (κ1) is 20.4. The van der Waals surface area contributed by atoms with Crippen molar-refractivity contribution in [1.82, 2.24) is 0 Å². The number of aromatic hydroxyl groups is 1. The molecule has 1 atom stereocenters. The Balaban J connectivity index is 1.56. The average molecular weight is 439 g/mol. The fourth-order valence-electron chi connectivity index (χ4n) is 3.30. The first-order valence-electron chi connectivity index (χ1n) is 9.32. The summed E-state index contributed by atoms with van der Waals surface area (Å²) in [7, 11) is 0. The molecule has 4 rings (SSSR count). The molecule has 0 fully saturated rings. The SMILES string of the molecule is CC(=O)Nc1ccc(O)c2c1SC(CC=C1N=C(c3ccccc3)SC1=O)CC2=O. The number of carbonyl (C=O) groups excluding carboxylic acids is 3. The molecule has 2 aliphatic rings. The minimum atomic E-state index is -0.253. The number of thioether (sulfide) groups is 2. The Bertz CT molecular complexity index is 1110. The maximum absolute atomic E-state index is 12.6. The molecule has 2 N–H and O–H groups in total. The summed E-state index contributed by atoms with van der Waals surface area (Å²) in [4.78, 5) is 41.5. The predicted octanol–water partition coefficient (Wildman–Crippen LogP) is 4.39. The highest BCUT2D eigenvalue weighted by Gasteiger charge is 2.31. The Morgan fingerprint density at radius 1 is 1.23 bits per heavy atom. The number of hydrogen-bond donors (Lipinski definition) is 2. The molecule has 1 unspecified atom stereocenters. The number of phenols is 1. The van der Waals surface area contributed by atoms with Crippen molar-refractivity contribution in [3.63, 3.8) is 0 Å². The van der Waals surface area contributed by atoms with Crippen molar-refractivity contribution in [1.29, 1.82) is 0 Å². The Kier molecular flexibility index (Phi) is 5.78. The molecule has 0 spiro atoms. The molecule has 152 valence electrons. The van der Waals surface area contributed by atoms with Crippen LogP contribution in [0.3, 0.4) is 0 Å². The summed E-state index contributed by atoms with van der Waals surface area (Å²) < 4.78 is 0. The van der Waals surface area contributed by atoms with Gasteiger partial charge in [0, 0.05) is 29.1 Å². The first-order chi connectivity index (χ1) is 14.4.